The van der Waals surface area contributed by atoms with Crippen molar-refractivity contribution in [3.8, 4) is 0 Å². The topological polar surface area (TPSA) is 77.8 Å². The van der Waals surface area contributed by atoms with Crippen molar-refractivity contribution in [2.75, 3.05) is 0 Å². The molecule has 8 heavy (non-hydrogen) atoms. The molecule has 50 valence electrons. The van der Waals surface area contributed by atoms with Crippen molar-refractivity contribution in [3.05, 3.63) is 0 Å². The quantitative estimate of drug-likeness (QED) is 0.398. The first-order chi connectivity index (χ1) is 2.00. The fourth-order valence-corrected chi connectivity index (χ4v) is 0. The van der Waals surface area contributed by atoms with E-state index in [2.05, 4.69) is 0 Å². The van der Waals surface area contributed by atoms with Gasteiger partial charge < -0.3 is 14.7 Å². The van der Waals surface area contributed by atoms with E-state index in [1.54, 1.807) is 0 Å². The van der Waals surface area contributed by atoms with Crippen molar-refractivity contribution in [2.24, 2.45) is 0 Å². The first kappa shape index (κ1) is 22.5. The Bertz CT molecular complexity index is 62.2. The van der Waals surface area contributed by atoms with Gasteiger partial charge in [-0.25, -0.2) is 4.57 Å². The normalized spacial score (nSPS) is 7.38. The molecule has 0 saturated carbocycles. The van der Waals surface area contributed by atoms with Crippen LogP contribution in [-0.2, 0) is 69.0 Å². The number of phosphoric acid groups is 1. The molecule has 0 saturated heterocycles. The molecule has 4 nitrogen and oxygen atoms in total. The summed E-state index contributed by atoms with van der Waals surface area (Å²) in [5.41, 5.74) is 0. The van der Waals surface area contributed by atoms with Crippen LogP contribution in [0.5, 0.6) is 0 Å². The van der Waals surface area contributed by atoms with Crippen molar-refractivity contribution in [3.63, 3.8) is 0 Å². The minimum atomic E-state index is -4.64. The third-order valence-corrected chi connectivity index (χ3v) is 0. The fourth-order valence-electron chi connectivity index (χ4n) is 0. The Hall–Kier alpha value is 2.20. The van der Waals surface area contributed by atoms with Gasteiger partial charge >= 0.3 is 7.82 Å². The fraction of sp³-hybridized carbons (Fsp3) is 0. The van der Waals surface area contributed by atoms with E-state index in [4.69, 9.17) is 19.2 Å². The SMILES string of the molecule is O=P(O)(O)O.[Ni].[Ti].[Zr]. The van der Waals surface area contributed by atoms with E-state index in [1.165, 1.54) is 0 Å². The molecule has 0 aliphatic carbocycles. The zero-order chi connectivity index (χ0) is 4.50. The summed E-state index contributed by atoms with van der Waals surface area (Å²) < 4.78 is 8.88. The monoisotopic (exact) mass is 294 g/mol. The molecule has 3 N–H and O–H groups in total. The van der Waals surface area contributed by atoms with Crippen LogP contribution in [0.4, 0.5) is 0 Å². The molecule has 0 fully saturated rings. The smallest absolute Gasteiger partial charge is 0.303 e. The zero-order valence-electron chi connectivity index (χ0n) is 3.51. The van der Waals surface area contributed by atoms with Crippen LogP contribution in [0.1, 0.15) is 0 Å². The molecule has 0 aromatic heterocycles. The summed E-state index contributed by atoms with van der Waals surface area (Å²) in [4.78, 5) is 21.6. The van der Waals surface area contributed by atoms with Gasteiger partial charge in [-0.05, 0) is 0 Å². The van der Waals surface area contributed by atoms with Gasteiger partial charge in [-0.3, -0.25) is 0 Å². The Balaban J connectivity index is -0.0000000267. The van der Waals surface area contributed by atoms with Gasteiger partial charge in [0.05, 0.1) is 0 Å². The molecule has 0 aromatic rings. The van der Waals surface area contributed by atoms with Crippen LogP contribution in [0.25, 0.3) is 0 Å². The summed E-state index contributed by atoms with van der Waals surface area (Å²) in [6, 6.07) is 0. The second kappa shape index (κ2) is 9.20. The van der Waals surface area contributed by atoms with E-state index in [0.717, 1.165) is 0 Å². The van der Waals surface area contributed by atoms with Gasteiger partial charge in [0.15, 0.2) is 0 Å². The van der Waals surface area contributed by atoms with Crippen LogP contribution in [-0.4, -0.2) is 14.7 Å². The Labute approximate surface area is 90.6 Å². The average molecular weight is 296 g/mol. The Morgan fingerprint density at radius 2 is 1.12 bits per heavy atom. The van der Waals surface area contributed by atoms with Gasteiger partial charge in [-0.15, -0.1) is 0 Å². The molecule has 0 atom stereocenters. The third kappa shape index (κ3) is 87.8. The number of rotatable bonds is 0. The first-order valence-corrected chi connectivity index (χ1v) is 2.35. The minimum absolute atomic E-state index is 0. The van der Waals surface area contributed by atoms with E-state index in [9.17, 15) is 0 Å². The van der Waals surface area contributed by atoms with Crippen LogP contribution in [0.15, 0.2) is 0 Å². The molecule has 0 rings (SSSR count). The Kier molecular flexibility index (Phi) is 25.8. The van der Waals surface area contributed by atoms with Crippen molar-refractivity contribution < 1.29 is 83.7 Å². The maximum Gasteiger partial charge on any atom is 0.466 e. The van der Waals surface area contributed by atoms with Crippen LogP contribution in [0, 0.1) is 0 Å². The first-order valence-electron chi connectivity index (χ1n) is 0.783. The number of hydrogen-bond acceptors (Lipinski definition) is 1. The molecule has 0 unspecified atom stereocenters. The van der Waals surface area contributed by atoms with Gasteiger partial charge in [0, 0.05) is 64.4 Å². The third-order valence-electron chi connectivity index (χ3n) is 0. The molecule has 0 spiro atoms. The summed E-state index contributed by atoms with van der Waals surface area (Å²) in [6.07, 6.45) is 0. The summed E-state index contributed by atoms with van der Waals surface area (Å²) in [5, 5.41) is 0. The van der Waals surface area contributed by atoms with Crippen molar-refractivity contribution in [2.45, 2.75) is 0 Å². The van der Waals surface area contributed by atoms with Crippen LogP contribution >= 0.6 is 7.82 Å². The molecule has 0 amide bonds. The zero-order valence-corrected chi connectivity index (χ0v) is 9.41. The largest absolute Gasteiger partial charge is 0.466 e. The molecule has 0 aromatic carbocycles. The molecule has 0 aliphatic heterocycles. The van der Waals surface area contributed by atoms with Crippen molar-refractivity contribution in [1.82, 2.24) is 0 Å². The molecule has 0 aliphatic rings. The second-order valence-corrected chi connectivity index (χ2v) is 1.54. The summed E-state index contributed by atoms with van der Waals surface area (Å²) in [5.74, 6) is 0. The molecule has 0 bridgehead atoms. The van der Waals surface area contributed by atoms with E-state index in [-0.39, 0.29) is 64.4 Å². The summed E-state index contributed by atoms with van der Waals surface area (Å²) in [7, 11) is -4.64. The predicted molar refractivity (Wildman–Crippen MR) is 14.3 cm³/mol. The number of hydrogen-bond donors (Lipinski definition) is 3. The van der Waals surface area contributed by atoms with E-state index in [0.29, 0.717) is 0 Å². The second-order valence-electron chi connectivity index (χ2n) is 0.513. The molecule has 8 heteroatoms. The molecule has 0 heterocycles. The summed E-state index contributed by atoms with van der Waals surface area (Å²) in [6.45, 7) is 0. The Morgan fingerprint density at radius 3 is 1.12 bits per heavy atom. The minimum Gasteiger partial charge on any atom is -0.303 e. The van der Waals surface area contributed by atoms with Crippen molar-refractivity contribution >= 4 is 7.82 Å². The van der Waals surface area contributed by atoms with Gasteiger partial charge in [0.25, 0.3) is 0 Å². The maximum atomic E-state index is 8.88. The molecular weight excluding hydrogens is 293 g/mol. The van der Waals surface area contributed by atoms with E-state index >= 15 is 0 Å². The van der Waals surface area contributed by atoms with Gasteiger partial charge in [-0.1, -0.05) is 0 Å². The summed E-state index contributed by atoms with van der Waals surface area (Å²) >= 11 is 0. The maximum absolute atomic E-state index is 8.88. The predicted octanol–water partition coefficient (Wildman–Crippen LogP) is -0.936. The average Bonchev–Trinajstić information content (AvgIpc) is 0.722. The van der Waals surface area contributed by atoms with Crippen LogP contribution in [0.2, 0.25) is 0 Å². The molecule has 0 radical (unpaired) electrons. The van der Waals surface area contributed by atoms with Gasteiger partial charge in [-0.2, -0.15) is 0 Å². The van der Waals surface area contributed by atoms with Crippen molar-refractivity contribution in [1.29, 1.82) is 0 Å². The Morgan fingerprint density at radius 1 is 1.12 bits per heavy atom. The molecular formula is H3NiO4PTiZr. The van der Waals surface area contributed by atoms with E-state index in [1.807, 2.05) is 0 Å². The van der Waals surface area contributed by atoms with Crippen LogP contribution < -0.4 is 0 Å². The standard InChI is InChI=1S/Ni.H3O4P.Ti.Zr/c;1-5(2,3)4;;/h;(H3,1,2,3,4);;. The van der Waals surface area contributed by atoms with Gasteiger partial charge in [0.1, 0.15) is 0 Å². The van der Waals surface area contributed by atoms with Crippen LogP contribution in [0.3, 0.4) is 0 Å². The van der Waals surface area contributed by atoms with E-state index < -0.39 is 7.82 Å². The van der Waals surface area contributed by atoms with Gasteiger partial charge in [0.2, 0.25) is 0 Å².